The Hall–Kier alpha value is -3.00. The highest BCUT2D eigenvalue weighted by Crippen LogP contribution is 2.61. The van der Waals surface area contributed by atoms with E-state index in [0.29, 0.717) is 21.7 Å². The molecule has 1 aliphatic carbocycles. The molecule has 1 unspecified atom stereocenters. The van der Waals surface area contributed by atoms with E-state index >= 15 is 4.39 Å². The number of fused-ring (bicyclic) bond motifs is 3. The number of benzene rings is 4. The topological polar surface area (TPSA) is 37.3 Å². The molecular formula is C26H20FO2P. The summed E-state index contributed by atoms with van der Waals surface area (Å²) in [5.41, 5.74) is 0.419. The summed E-state index contributed by atoms with van der Waals surface area (Å²) in [6, 6.07) is 31.8. The van der Waals surface area contributed by atoms with Gasteiger partial charge in [-0.1, -0.05) is 109 Å². The SMILES string of the molecule is O=P(c1ccccc1)(c1ccccc1)C(F)C1(O)c2ccccc2-c2ccccc21. The summed E-state index contributed by atoms with van der Waals surface area (Å²) in [5, 5.41) is 12.8. The van der Waals surface area contributed by atoms with Crippen molar-refractivity contribution in [1.82, 2.24) is 0 Å². The summed E-state index contributed by atoms with van der Waals surface area (Å²) < 4.78 is 31.3. The Morgan fingerprint density at radius 1 is 0.633 bits per heavy atom. The van der Waals surface area contributed by atoms with Crippen LogP contribution in [0.15, 0.2) is 109 Å². The van der Waals surface area contributed by atoms with Gasteiger partial charge in [0.05, 0.1) is 0 Å². The van der Waals surface area contributed by atoms with E-state index in [2.05, 4.69) is 0 Å². The van der Waals surface area contributed by atoms with Gasteiger partial charge in [0, 0.05) is 10.6 Å². The third kappa shape index (κ3) is 2.56. The maximum atomic E-state index is 16.8. The first kappa shape index (κ1) is 19.0. The molecule has 2 nitrogen and oxygen atoms in total. The lowest BCUT2D eigenvalue weighted by Gasteiger charge is -2.35. The fraction of sp³-hybridized carbons (Fsp3) is 0.0769. The van der Waals surface area contributed by atoms with Crippen molar-refractivity contribution in [2.24, 2.45) is 0 Å². The Bertz CT molecular complexity index is 1170. The lowest BCUT2D eigenvalue weighted by Crippen LogP contribution is -2.40. The zero-order valence-corrected chi connectivity index (χ0v) is 17.0. The van der Waals surface area contributed by atoms with Crippen molar-refractivity contribution < 1.29 is 14.1 Å². The van der Waals surface area contributed by atoms with Crippen LogP contribution in [0.2, 0.25) is 0 Å². The highest BCUT2D eigenvalue weighted by atomic mass is 31.2. The molecule has 0 saturated carbocycles. The van der Waals surface area contributed by atoms with Crippen molar-refractivity contribution in [3.8, 4) is 11.1 Å². The summed E-state index contributed by atoms with van der Waals surface area (Å²) in [5.74, 6) is -2.06. The van der Waals surface area contributed by atoms with Gasteiger partial charge < -0.3 is 9.67 Å². The van der Waals surface area contributed by atoms with Crippen molar-refractivity contribution in [2.45, 2.75) is 11.5 Å². The molecule has 0 radical (unpaired) electrons. The molecular weight excluding hydrogens is 394 g/mol. The van der Waals surface area contributed by atoms with E-state index in [0.717, 1.165) is 11.1 Å². The Morgan fingerprint density at radius 2 is 1.00 bits per heavy atom. The van der Waals surface area contributed by atoms with Crippen LogP contribution in [0.25, 0.3) is 11.1 Å². The van der Waals surface area contributed by atoms with Gasteiger partial charge in [-0.3, -0.25) is 0 Å². The predicted octanol–water partition coefficient (Wildman–Crippen LogP) is 5.21. The molecule has 4 aromatic rings. The van der Waals surface area contributed by atoms with Gasteiger partial charge in [-0.2, -0.15) is 0 Å². The summed E-state index contributed by atoms with van der Waals surface area (Å²) >= 11 is 0. The summed E-state index contributed by atoms with van der Waals surface area (Å²) in [7, 11) is -3.86. The molecule has 4 aromatic carbocycles. The van der Waals surface area contributed by atoms with Crippen molar-refractivity contribution in [3.05, 3.63) is 120 Å². The van der Waals surface area contributed by atoms with Gasteiger partial charge in [0.2, 0.25) is 0 Å². The van der Waals surface area contributed by atoms with Crippen LogP contribution >= 0.6 is 7.14 Å². The third-order valence-corrected chi connectivity index (χ3v) is 9.05. The number of rotatable bonds is 4. The molecule has 0 bridgehead atoms. The van der Waals surface area contributed by atoms with Crippen LogP contribution in [0.1, 0.15) is 11.1 Å². The van der Waals surface area contributed by atoms with Crippen LogP contribution in [0.3, 0.4) is 0 Å². The van der Waals surface area contributed by atoms with Gasteiger partial charge in [-0.25, -0.2) is 4.39 Å². The van der Waals surface area contributed by atoms with E-state index in [1.54, 1.807) is 84.9 Å². The standard InChI is InChI=1S/C26H20FO2P/c27-25(30(29,19-11-3-1-4-12-19)20-13-5-2-6-14-20)26(28)23-17-9-7-15-21(23)22-16-8-10-18-24(22)26/h1-18,25,28H. The first-order valence-corrected chi connectivity index (χ1v) is 11.6. The van der Waals surface area contributed by atoms with Crippen LogP contribution in [-0.4, -0.2) is 11.0 Å². The lowest BCUT2D eigenvalue weighted by atomic mass is 9.93. The third-order valence-electron chi connectivity index (χ3n) is 5.91. The van der Waals surface area contributed by atoms with Crippen LogP contribution in [0.5, 0.6) is 0 Å². The van der Waals surface area contributed by atoms with Crippen molar-refractivity contribution in [2.75, 3.05) is 0 Å². The highest BCUT2D eigenvalue weighted by Gasteiger charge is 2.56. The molecule has 0 heterocycles. The van der Waals surface area contributed by atoms with Crippen LogP contribution in [0.4, 0.5) is 4.39 Å². The number of halogens is 1. The van der Waals surface area contributed by atoms with Crippen LogP contribution in [0, 0.1) is 0 Å². The number of alkyl halides is 1. The average molecular weight is 414 g/mol. The maximum absolute atomic E-state index is 16.8. The van der Waals surface area contributed by atoms with Gasteiger partial charge in [0.15, 0.2) is 18.7 Å². The Morgan fingerprint density at radius 3 is 1.43 bits per heavy atom. The van der Waals surface area contributed by atoms with E-state index in [4.69, 9.17) is 0 Å². The van der Waals surface area contributed by atoms with Crippen LogP contribution in [-0.2, 0) is 10.2 Å². The smallest absolute Gasteiger partial charge is 0.197 e. The van der Waals surface area contributed by atoms with E-state index in [9.17, 15) is 9.67 Å². The molecule has 1 N–H and O–H groups in total. The lowest BCUT2D eigenvalue weighted by molar-refractivity contribution is 0.0358. The second-order valence-corrected chi connectivity index (χ2v) is 10.3. The van der Waals surface area contributed by atoms with Crippen molar-refractivity contribution in [1.29, 1.82) is 0 Å². The maximum Gasteiger partial charge on any atom is 0.197 e. The van der Waals surface area contributed by atoms with Crippen molar-refractivity contribution >= 4 is 17.8 Å². The van der Waals surface area contributed by atoms with Gasteiger partial charge in [0.25, 0.3) is 0 Å². The molecule has 1 aliphatic rings. The van der Waals surface area contributed by atoms with E-state index < -0.39 is 18.7 Å². The average Bonchev–Trinajstić information content (AvgIpc) is 3.09. The van der Waals surface area contributed by atoms with E-state index in [-0.39, 0.29) is 0 Å². The first-order chi connectivity index (χ1) is 14.6. The van der Waals surface area contributed by atoms with Gasteiger partial charge in [-0.15, -0.1) is 0 Å². The molecule has 0 fully saturated rings. The normalized spacial score (nSPS) is 15.3. The minimum Gasteiger partial charge on any atom is -0.377 e. The monoisotopic (exact) mass is 414 g/mol. The second-order valence-electron chi connectivity index (χ2n) is 7.52. The fourth-order valence-electron chi connectivity index (χ4n) is 4.48. The zero-order chi connectivity index (χ0) is 20.8. The molecule has 30 heavy (non-hydrogen) atoms. The minimum absolute atomic E-state index is 0.388. The summed E-state index contributed by atoms with van der Waals surface area (Å²) in [4.78, 5) is 0. The molecule has 0 amide bonds. The number of hydrogen-bond donors (Lipinski definition) is 1. The largest absolute Gasteiger partial charge is 0.377 e. The summed E-state index contributed by atoms with van der Waals surface area (Å²) in [6.45, 7) is 0. The molecule has 4 heteroatoms. The molecule has 148 valence electrons. The zero-order valence-electron chi connectivity index (χ0n) is 16.2. The quantitative estimate of drug-likeness (QED) is 0.466. The van der Waals surface area contributed by atoms with Crippen LogP contribution < -0.4 is 10.6 Å². The second kappa shape index (κ2) is 7.05. The molecule has 0 aliphatic heterocycles. The van der Waals surface area contributed by atoms with E-state index in [1.165, 1.54) is 0 Å². The Kier molecular flexibility index (Phi) is 4.47. The first-order valence-electron chi connectivity index (χ1n) is 9.84. The summed E-state index contributed by atoms with van der Waals surface area (Å²) in [6.07, 6.45) is 0. The van der Waals surface area contributed by atoms with Gasteiger partial charge in [-0.05, 0) is 22.3 Å². The van der Waals surface area contributed by atoms with Crippen molar-refractivity contribution in [3.63, 3.8) is 0 Å². The van der Waals surface area contributed by atoms with E-state index in [1.807, 2.05) is 24.3 Å². The van der Waals surface area contributed by atoms with Gasteiger partial charge >= 0.3 is 0 Å². The highest BCUT2D eigenvalue weighted by molar-refractivity contribution is 7.79. The molecule has 1 atom stereocenters. The molecule has 5 rings (SSSR count). The van der Waals surface area contributed by atoms with Gasteiger partial charge in [0.1, 0.15) is 0 Å². The fourth-order valence-corrected chi connectivity index (χ4v) is 7.33. The molecule has 0 aromatic heterocycles. The minimum atomic E-state index is -3.86. The Labute approximate surface area is 175 Å². The molecule has 0 spiro atoms. The number of hydrogen-bond acceptors (Lipinski definition) is 2. The Balaban J connectivity index is 1.80. The number of aliphatic hydroxyl groups is 1. The molecule has 0 saturated heterocycles. The predicted molar refractivity (Wildman–Crippen MR) is 120 cm³/mol.